The average molecular weight is 261 g/mol. The predicted molar refractivity (Wildman–Crippen MR) is 76.3 cm³/mol. The summed E-state index contributed by atoms with van der Waals surface area (Å²) in [6.45, 7) is 3.68. The summed E-state index contributed by atoms with van der Waals surface area (Å²) in [5.41, 5.74) is 0.909. The summed E-state index contributed by atoms with van der Waals surface area (Å²) in [6, 6.07) is 10.2. The van der Waals surface area contributed by atoms with Crippen LogP contribution in [0.4, 0.5) is 0 Å². The molecule has 0 radical (unpaired) electrons. The van der Waals surface area contributed by atoms with E-state index >= 15 is 0 Å². The van der Waals surface area contributed by atoms with Crippen LogP contribution in [0.15, 0.2) is 30.3 Å². The third kappa shape index (κ3) is 3.57. The Morgan fingerprint density at radius 2 is 1.95 bits per heavy atom. The summed E-state index contributed by atoms with van der Waals surface area (Å²) in [5.74, 6) is -1.13. The van der Waals surface area contributed by atoms with E-state index < -0.39 is 11.9 Å². The molecule has 0 spiro atoms. The normalized spacial score (nSPS) is 17.8. The molecule has 1 aromatic carbocycles. The zero-order chi connectivity index (χ0) is 13.7. The predicted octanol–water partition coefficient (Wildman–Crippen LogP) is 3.12. The first-order chi connectivity index (χ1) is 9.22. The number of nitrogens with zero attached hydrogens (tertiary/aromatic N) is 1. The Balaban J connectivity index is 2.09. The lowest BCUT2D eigenvalue weighted by molar-refractivity contribution is -0.139. The quantitative estimate of drug-likeness (QED) is 0.855. The molecule has 19 heavy (non-hydrogen) atoms. The molecule has 3 heteroatoms. The molecule has 0 heterocycles. The highest BCUT2D eigenvalue weighted by atomic mass is 16.4. The lowest BCUT2D eigenvalue weighted by atomic mass is 9.98. The minimum atomic E-state index is -0.720. The lowest BCUT2D eigenvalue weighted by Gasteiger charge is -2.30. The van der Waals surface area contributed by atoms with Crippen LogP contribution in [0.5, 0.6) is 0 Å². The first kappa shape index (κ1) is 14.1. The van der Waals surface area contributed by atoms with E-state index in [2.05, 4.69) is 11.8 Å². The minimum Gasteiger partial charge on any atom is -0.481 e. The first-order valence-corrected chi connectivity index (χ1v) is 7.24. The van der Waals surface area contributed by atoms with Crippen molar-refractivity contribution in [3.8, 4) is 0 Å². The highest BCUT2D eigenvalue weighted by Gasteiger charge is 2.27. The van der Waals surface area contributed by atoms with Gasteiger partial charge in [0, 0.05) is 12.6 Å². The van der Waals surface area contributed by atoms with E-state index in [1.165, 1.54) is 25.7 Å². The van der Waals surface area contributed by atoms with Crippen molar-refractivity contribution >= 4 is 5.97 Å². The van der Waals surface area contributed by atoms with Gasteiger partial charge in [-0.25, -0.2) is 0 Å². The van der Waals surface area contributed by atoms with Crippen LogP contribution in [0.1, 0.15) is 44.1 Å². The van der Waals surface area contributed by atoms with Gasteiger partial charge in [0.15, 0.2) is 0 Å². The Labute approximate surface area is 115 Å². The number of carboxylic acids is 1. The van der Waals surface area contributed by atoms with Crippen molar-refractivity contribution in [2.75, 3.05) is 13.1 Å². The van der Waals surface area contributed by atoms with Crippen molar-refractivity contribution in [2.24, 2.45) is 0 Å². The molecule has 1 aliphatic carbocycles. The van der Waals surface area contributed by atoms with Crippen molar-refractivity contribution in [2.45, 2.75) is 44.6 Å². The SMILES string of the molecule is CCN(CC(C(=O)O)c1ccccc1)C1CCCC1. The van der Waals surface area contributed by atoms with E-state index in [-0.39, 0.29) is 0 Å². The molecule has 1 N–H and O–H groups in total. The van der Waals surface area contributed by atoms with Crippen LogP contribution in [-0.4, -0.2) is 35.1 Å². The summed E-state index contributed by atoms with van der Waals surface area (Å²) < 4.78 is 0. The molecular formula is C16H23NO2. The molecule has 1 aromatic rings. The number of benzene rings is 1. The molecule has 104 valence electrons. The smallest absolute Gasteiger partial charge is 0.312 e. The standard InChI is InChI=1S/C16H23NO2/c1-2-17(14-10-6-7-11-14)12-15(16(18)19)13-8-4-3-5-9-13/h3-5,8-9,14-15H,2,6-7,10-12H2,1H3,(H,18,19). The van der Waals surface area contributed by atoms with Crippen LogP contribution >= 0.6 is 0 Å². The molecule has 1 aliphatic rings. The number of likely N-dealkylation sites (N-methyl/N-ethyl adjacent to an activating group) is 1. The first-order valence-electron chi connectivity index (χ1n) is 7.24. The van der Waals surface area contributed by atoms with Crippen molar-refractivity contribution in [3.63, 3.8) is 0 Å². The number of rotatable bonds is 6. The summed E-state index contributed by atoms with van der Waals surface area (Å²) in [4.78, 5) is 13.9. The Kier molecular flexibility index (Phi) is 4.97. The monoisotopic (exact) mass is 261 g/mol. The van der Waals surface area contributed by atoms with Crippen LogP contribution in [0, 0.1) is 0 Å². The highest BCUT2D eigenvalue weighted by Crippen LogP contribution is 2.26. The van der Waals surface area contributed by atoms with Gasteiger partial charge in [-0.3, -0.25) is 9.69 Å². The fourth-order valence-corrected chi connectivity index (χ4v) is 3.05. The van der Waals surface area contributed by atoms with E-state index in [0.29, 0.717) is 12.6 Å². The van der Waals surface area contributed by atoms with Crippen LogP contribution < -0.4 is 0 Å². The Morgan fingerprint density at radius 3 is 2.47 bits per heavy atom. The van der Waals surface area contributed by atoms with Gasteiger partial charge in [-0.2, -0.15) is 0 Å². The highest BCUT2D eigenvalue weighted by molar-refractivity contribution is 5.76. The molecule has 1 unspecified atom stereocenters. The Hall–Kier alpha value is -1.35. The molecule has 0 aliphatic heterocycles. The molecule has 0 amide bonds. The van der Waals surface area contributed by atoms with Crippen molar-refractivity contribution in [1.29, 1.82) is 0 Å². The second-order valence-corrected chi connectivity index (χ2v) is 5.33. The van der Waals surface area contributed by atoms with Crippen LogP contribution in [0.25, 0.3) is 0 Å². The zero-order valence-electron chi connectivity index (χ0n) is 11.6. The van der Waals surface area contributed by atoms with Gasteiger partial charge in [0.1, 0.15) is 0 Å². The van der Waals surface area contributed by atoms with Gasteiger partial charge in [0.2, 0.25) is 0 Å². The van der Waals surface area contributed by atoms with Crippen LogP contribution in [0.2, 0.25) is 0 Å². The molecule has 0 aromatic heterocycles. The van der Waals surface area contributed by atoms with Crippen molar-refractivity contribution < 1.29 is 9.90 Å². The van der Waals surface area contributed by atoms with E-state index in [1.54, 1.807) is 0 Å². The Bertz CT molecular complexity index is 398. The maximum absolute atomic E-state index is 11.5. The number of carbonyl (C=O) groups is 1. The molecule has 0 bridgehead atoms. The largest absolute Gasteiger partial charge is 0.481 e. The molecule has 1 atom stereocenters. The maximum atomic E-state index is 11.5. The van der Waals surface area contributed by atoms with E-state index in [1.807, 2.05) is 30.3 Å². The topological polar surface area (TPSA) is 40.5 Å². The van der Waals surface area contributed by atoms with Crippen LogP contribution in [-0.2, 0) is 4.79 Å². The molecule has 1 fully saturated rings. The lowest BCUT2D eigenvalue weighted by Crippen LogP contribution is -2.38. The maximum Gasteiger partial charge on any atom is 0.312 e. The van der Waals surface area contributed by atoms with Gasteiger partial charge in [-0.15, -0.1) is 0 Å². The van der Waals surface area contributed by atoms with Gasteiger partial charge in [-0.1, -0.05) is 50.1 Å². The fourth-order valence-electron chi connectivity index (χ4n) is 3.05. The third-order valence-corrected chi connectivity index (χ3v) is 4.16. The van der Waals surface area contributed by atoms with Crippen molar-refractivity contribution in [3.05, 3.63) is 35.9 Å². The minimum absolute atomic E-state index is 0.415. The average Bonchev–Trinajstić information content (AvgIpc) is 2.94. The molecule has 0 saturated heterocycles. The van der Waals surface area contributed by atoms with Gasteiger partial charge >= 0.3 is 5.97 Å². The second kappa shape index (κ2) is 6.71. The zero-order valence-corrected chi connectivity index (χ0v) is 11.6. The third-order valence-electron chi connectivity index (χ3n) is 4.16. The molecule has 2 rings (SSSR count). The second-order valence-electron chi connectivity index (χ2n) is 5.33. The number of hydrogen-bond donors (Lipinski definition) is 1. The molecule has 1 saturated carbocycles. The van der Waals surface area contributed by atoms with E-state index in [0.717, 1.165) is 12.1 Å². The summed E-state index contributed by atoms with van der Waals surface area (Å²) in [6.07, 6.45) is 5.00. The van der Waals surface area contributed by atoms with Gasteiger partial charge in [-0.05, 0) is 24.9 Å². The van der Waals surface area contributed by atoms with E-state index in [9.17, 15) is 9.90 Å². The Morgan fingerprint density at radius 1 is 1.32 bits per heavy atom. The summed E-state index contributed by atoms with van der Waals surface area (Å²) >= 11 is 0. The van der Waals surface area contributed by atoms with Gasteiger partial charge in [0.25, 0.3) is 0 Å². The number of carboxylic acid groups (broad SMARTS) is 1. The fraction of sp³-hybridized carbons (Fsp3) is 0.562. The summed E-state index contributed by atoms with van der Waals surface area (Å²) in [7, 11) is 0. The molecular weight excluding hydrogens is 238 g/mol. The van der Waals surface area contributed by atoms with Gasteiger partial charge in [0.05, 0.1) is 5.92 Å². The number of hydrogen-bond acceptors (Lipinski definition) is 2. The van der Waals surface area contributed by atoms with Crippen LogP contribution in [0.3, 0.4) is 0 Å². The summed E-state index contributed by atoms with van der Waals surface area (Å²) in [5, 5.41) is 9.49. The number of aliphatic carboxylic acids is 1. The van der Waals surface area contributed by atoms with Crippen molar-refractivity contribution in [1.82, 2.24) is 4.90 Å². The van der Waals surface area contributed by atoms with Gasteiger partial charge < -0.3 is 5.11 Å². The van der Waals surface area contributed by atoms with E-state index in [4.69, 9.17) is 0 Å². The molecule has 3 nitrogen and oxygen atoms in total.